The van der Waals surface area contributed by atoms with Crippen LogP contribution < -0.4 is 4.74 Å². The van der Waals surface area contributed by atoms with Crippen LogP contribution >= 0.6 is 0 Å². The number of carbonyl (C=O) groups excluding carboxylic acids is 1. The van der Waals surface area contributed by atoms with Crippen molar-refractivity contribution in [3.8, 4) is 6.01 Å². The highest BCUT2D eigenvalue weighted by Gasteiger charge is 2.50. The molecule has 0 spiro atoms. The van der Waals surface area contributed by atoms with Gasteiger partial charge in [-0.3, -0.25) is 15.3 Å². The fraction of sp³-hybridized carbons (Fsp3) is 0.320. The Hall–Kier alpha value is -3.41. The molecule has 0 unspecified atom stereocenters. The number of carbonyl (C=O) groups is 1. The fourth-order valence-corrected chi connectivity index (χ4v) is 3.79. The quantitative estimate of drug-likeness (QED) is 0.225. The molecule has 1 heterocycles. The standard InChI is InChI=1S/C25H29N3O7/c1-18-17-19(2)27-24(26-18)35-22(23(29)33-15-10-16-34-28(30)31)25(32-3,20-11-6-4-7-12-20)21-13-8-5-9-14-21/h4-9,11-14,17,22,30-31H,10,15-16H2,1-3H3/t22-/m1/s1. The molecule has 3 aromatic rings. The second-order valence-electron chi connectivity index (χ2n) is 7.71. The molecule has 0 radical (unpaired) electrons. The van der Waals surface area contributed by atoms with Gasteiger partial charge in [-0.25, -0.2) is 14.8 Å². The SMILES string of the molecule is COC(c1ccccc1)(c1ccccc1)[C@H](Oc1nc(C)cc(C)n1)C(=O)OCCCON(O)O. The van der Waals surface area contributed by atoms with Crippen LogP contribution in [0.2, 0.25) is 0 Å². The Morgan fingerprint density at radius 2 is 1.49 bits per heavy atom. The summed E-state index contributed by atoms with van der Waals surface area (Å²) in [6, 6.07) is 20.3. The third-order valence-corrected chi connectivity index (χ3v) is 5.24. The van der Waals surface area contributed by atoms with E-state index in [4.69, 9.17) is 24.6 Å². The van der Waals surface area contributed by atoms with Gasteiger partial charge in [0.1, 0.15) is 0 Å². The molecular weight excluding hydrogens is 454 g/mol. The highest BCUT2D eigenvalue weighted by molar-refractivity contribution is 5.78. The first-order valence-corrected chi connectivity index (χ1v) is 11.0. The minimum atomic E-state index is -1.40. The lowest BCUT2D eigenvalue weighted by molar-refractivity contribution is -0.492. The first-order chi connectivity index (χ1) is 16.9. The largest absolute Gasteiger partial charge is 0.463 e. The van der Waals surface area contributed by atoms with Crippen molar-refractivity contribution in [3.63, 3.8) is 0 Å². The molecule has 0 amide bonds. The lowest BCUT2D eigenvalue weighted by atomic mass is 9.81. The Kier molecular flexibility index (Phi) is 9.24. The normalized spacial score (nSPS) is 12.4. The third kappa shape index (κ3) is 6.59. The topological polar surface area (TPSA) is 123 Å². The van der Waals surface area contributed by atoms with Crippen LogP contribution in [0.3, 0.4) is 0 Å². The molecule has 0 aliphatic carbocycles. The van der Waals surface area contributed by atoms with Crippen molar-refractivity contribution in [2.75, 3.05) is 20.3 Å². The van der Waals surface area contributed by atoms with Gasteiger partial charge in [-0.05, 0) is 31.0 Å². The molecule has 2 aromatic carbocycles. The first-order valence-electron chi connectivity index (χ1n) is 11.0. The fourth-order valence-electron chi connectivity index (χ4n) is 3.79. The maximum Gasteiger partial charge on any atom is 0.351 e. The zero-order valence-corrected chi connectivity index (χ0v) is 19.8. The van der Waals surface area contributed by atoms with E-state index in [0.717, 1.165) is 0 Å². The first kappa shape index (κ1) is 26.2. The summed E-state index contributed by atoms with van der Waals surface area (Å²) in [6.07, 6.45) is -1.13. The average molecular weight is 484 g/mol. The van der Waals surface area contributed by atoms with Crippen molar-refractivity contribution in [2.24, 2.45) is 0 Å². The Morgan fingerprint density at radius 3 is 1.97 bits per heavy atom. The number of nitrogens with zero attached hydrogens (tertiary/aromatic N) is 3. The molecule has 10 nitrogen and oxygen atoms in total. The van der Waals surface area contributed by atoms with E-state index in [-0.39, 0.29) is 25.6 Å². The number of benzene rings is 2. The van der Waals surface area contributed by atoms with Crippen LogP contribution in [0.25, 0.3) is 0 Å². The van der Waals surface area contributed by atoms with E-state index in [2.05, 4.69) is 14.8 Å². The van der Waals surface area contributed by atoms with Gasteiger partial charge in [-0.2, -0.15) is 0 Å². The number of ether oxygens (including phenoxy) is 3. The van der Waals surface area contributed by atoms with Crippen molar-refractivity contribution in [1.29, 1.82) is 0 Å². The van der Waals surface area contributed by atoms with Crippen molar-refractivity contribution in [3.05, 3.63) is 89.2 Å². The summed E-state index contributed by atoms with van der Waals surface area (Å²) < 4.78 is 17.8. The summed E-state index contributed by atoms with van der Waals surface area (Å²) in [7, 11) is 1.50. The van der Waals surface area contributed by atoms with Gasteiger partial charge in [0, 0.05) is 24.9 Å². The van der Waals surface area contributed by atoms with Crippen molar-refractivity contribution in [2.45, 2.75) is 32.0 Å². The zero-order valence-electron chi connectivity index (χ0n) is 19.8. The van der Waals surface area contributed by atoms with E-state index < -0.39 is 23.1 Å². The minimum absolute atomic E-state index is 0.0114. The second-order valence-corrected chi connectivity index (χ2v) is 7.71. The third-order valence-electron chi connectivity index (χ3n) is 5.24. The summed E-state index contributed by atoms with van der Waals surface area (Å²) in [4.78, 5) is 26.7. The highest BCUT2D eigenvalue weighted by Crippen LogP contribution is 2.39. The van der Waals surface area contributed by atoms with Crippen LogP contribution in [0.1, 0.15) is 28.9 Å². The van der Waals surface area contributed by atoms with E-state index >= 15 is 0 Å². The van der Waals surface area contributed by atoms with Gasteiger partial charge in [0.05, 0.1) is 18.6 Å². The van der Waals surface area contributed by atoms with Gasteiger partial charge in [-0.15, -0.1) is 0 Å². The van der Waals surface area contributed by atoms with E-state index in [1.54, 1.807) is 19.9 Å². The smallest absolute Gasteiger partial charge is 0.351 e. The summed E-state index contributed by atoms with van der Waals surface area (Å²) in [5.41, 5.74) is 1.29. The lowest BCUT2D eigenvalue weighted by Crippen LogP contribution is -2.51. The highest BCUT2D eigenvalue weighted by atomic mass is 17.1. The summed E-state index contributed by atoms with van der Waals surface area (Å²) in [5, 5.41) is 16.9. The number of aromatic nitrogens is 2. The average Bonchev–Trinajstić information content (AvgIpc) is 2.84. The van der Waals surface area contributed by atoms with E-state index in [1.807, 2.05) is 60.7 Å². The molecular formula is C25H29N3O7. The second kappa shape index (κ2) is 12.3. The summed E-state index contributed by atoms with van der Waals surface area (Å²) in [5.74, 6) is -0.716. The molecule has 10 heteroatoms. The molecule has 0 saturated heterocycles. The van der Waals surface area contributed by atoms with Gasteiger partial charge in [0.2, 0.25) is 6.10 Å². The molecule has 1 aromatic heterocycles. The lowest BCUT2D eigenvalue weighted by Gasteiger charge is -2.38. The molecule has 0 fully saturated rings. The van der Waals surface area contributed by atoms with Crippen molar-refractivity contribution >= 4 is 5.97 Å². The molecule has 35 heavy (non-hydrogen) atoms. The number of rotatable bonds is 12. The number of hydrogen-bond donors (Lipinski definition) is 2. The Bertz CT molecular complexity index is 1020. The number of aryl methyl sites for hydroxylation is 2. The van der Waals surface area contributed by atoms with Gasteiger partial charge >= 0.3 is 12.0 Å². The van der Waals surface area contributed by atoms with E-state index in [9.17, 15) is 4.79 Å². The van der Waals surface area contributed by atoms with Gasteiger partial charge in [-0.1, -0.05) is 60.7 Å². The molecule has 0 aliphatic heterocycles. The van der Waals surface area contributed by atoms with Gasteiger partial charge in [0.25, 0.3) is 0 Å². The zero-order chi connectivity index (χ0) is 25.3. The minimum Gasteiger partial charge on any atom is -0.463 e. The van der Waals surface area contributed by atoms with Crippen LogP contribution in [0.4, 0.5) is 0 Å². The van der Waals surface area contributed by atoms with Crippen LogP contribution in [0.15, 0.2) is 66.7 Å². The Labute approximate surface area is 203 Å². The number of methoxy groups -OCH3 is 1. The predicted molar refractivity (Wildman–Crippen MR) is 124 cm³/mol. The molecule has 3 rings (SSSR count). The monoisotopic (exact) mass is 483 g/mol. The predicted octanol–water partition coefficient (Wildman–Crippen LogP) is 3.38. The van der Waals surface area contributed by atoms with Crippen molar-refractivity contribution in [1.82, 2.24) is 15.4 Å². The molecule has 2 N–H and O–H groups in total. The molecule has 0 saturated carbocycles. The summed E-state index contributed by atoms with van der Waals surface area (Å²) >= 11 is 0. The van der Waals surface area contributed by atoms with E-state index in [1.165, 1.54) is 7.11 Å². The maximum atomic E-state index is 13.5. The molecule has 1 atom stereocenters. The molecule has 0 aliphatic rings. The van der Waals surface area contributed by atoms with Crippen molar-refractivity contribution < 1.29 is 34.3 Å². The Morgan fingerprint density at radius 1 is 0.943 bits per heavy atom. The van der Waals surface area contributed by atoms with Crippen LogP contribution in [0.5, 0.6) is 6.01 Å². The number of esters is 1. The molecule has 0 bridgehead atoms. The van der Waals surface area contributed by atoms with Gasteiger partial charge < -0.3 is 14.2 Å². The van der Waals surface area contributed by atoms with Crippen LogP contribution in [0, 0.1) is 13.8 Å². The van der Waals surface area contributed by atoms with Gasteiger partial charge in [0.15, 0.2) is 5.60 Å². The van der Waals surface area contributed by atoms with Crippen LogP contribution in [-0.2, 0) is 24.7 Å². The molecule has 186 valence electrons. The number of hydrogen-bond acceptors (Lipinski definition) is 10. The maximum absolute atomic E-state index is 13.5. The van der Waals surface area contributed by atoms with Crippen LogP contribution in [-0.4, -0.2) is 58.2 Å². The van der Waals surface area contributed by atoms with E-state index in [0.29, 0.717) is 22.5 Å². The summed E-state index contributed by atoms with van der Waals surface area (Å²) in [6.45, 7) is 3.46. The Balaban J connectivity index is 2.04.